The molecule has 0 unspecified atom stereocenters. The largest absolute Gasteiger partial charge is 0.379 e. The Labute approximate surface area is 108 Å². The Bertz CT molecular complexity index is 377. The molecule has 2 rings (SSSR count). The van der Waals surface area contributed by atoms with Crippen molar-refractivity contribution in [1.29, 1.82) is 0 Å². The normalized spacial score (nSPS) is 16.3. The molecule has 1 atom stereocenters. The SMILES string of the molecule is N[C@@H](C(=O)NCCOCC1CC1)c1ccccc1. The van der Waals surface area contributed by atoms with Crippen LogP contribution in [0.2, 0.25) is 0 Å². The molecule has 1 aromatic rings. The lowest BCUT2D eigenvalue weighted by Crippen LogP contribution is -2.36. The zero-order valence-electron chi connectivity index (χ0n) is 10.5. The van der Waals surface area contributed by atoms with Crippen LogP contribution in [-0.2, 0) is 9.53 Å². The van der Waals surface area contributed by atoms with Gasteiger partial charge in [0.05, 0.1) is 6.61 Å². The van der Waals surface area contributed by atoms with Crippen LogP contribution in [0.1, 0.15) is 24.4 Å². The molecule has 98 valence electrons. The van der Waals surface area contributed by atoms with E-state index in [4.69, 9.17) is 10.5 Å². The predicted molar refractivity (Wildman–Crippen MR) is 69.9 cm³/mol. The highest BCUT2D eigenvalue weighted by Crippen LogP contribution is 2.28. The van der Waals surface area contributed by atoms with E-state index in [-0.39, 0.29) is 5.91 Å². The third-order valence-corrected chi connectivity index (χ3v) is 3.04. The molecular formula is C14H20N2O2. The first kappa shape index (κ1) is 13.1. The summed E-state index contributed by atoms with van der Waals surface area (Å²) in [6.07, 6.45) is 2.57. The van der Waals surface area contributed by atoms with Gasteiger partial charge in [-0.05, 0) is 24.3 Å². The second-order valence-corrected chi connectivity index (χ2v) is 4.70. The van der Waals surface area contributed by atoms with Gasteiger partial charge < -0.3 is 15.8 Å². The molecule has 1 amide bonds. The number of nitrogens with one attached hydrogen (secondary N) is 1. The molecular weight excluding hydrogens is 228 g/mol. The number of carbonyl (C=O) groups is 1. The van der Waals surface area contributed by atoms with Gasteiger partial charge in [-0.15, -0.1) is 0 Å². The van der Waals surface area contributed by atoms with E-state index in [1.165, 1.54) is 12.8 Å². The summed E-state index contributed by atoms with van der Waals surface area (Å²) in [6.45, 7) is 1.90. The Hall–Kier alpha value is -1.39. The first-order chi connectivity index (χ1) is 8.77. The maximum atomic E-state index is 11.8. The molecule has 1 aliphatic rings. The lowest BCUT2D eigenvalue weighted by Gasteiger charge is -2.12. The predicted octanol–water partition coefficient (Wildman–Crippen LogP) is 1.23. The first-order valence-electron chi connectivity index (χ1n) is 6.43. The summed E-state index contributed by atoms with van der Waals surface area (Å²) in [5.74, 6) is 0.600. The summed E-state index contributed by atoms with van der Waals surface area (Å²) in [7, 11) is 0. The molecule has 1 aliphatic carbocycles. The van der Waals surface area contributed by atoms with Gasteiger partial charge in [0.15, 0.2) is 0 Å². The Balaban J connectivity index is 1.64. The average Bonchev–Trinajstić information content (AvgIpc) is 3.22. The highest BCUT2D eigenvalue weighted by atomic mass is 16.5. The monoisotopic (exact) mass is 248 g/mol. The summed E-state index contributed by atoms with van der Waals surface area (Å²) in [5, 5.41) is 2.79. The van der Waals surface area contributed by atoms with Crippen molar-refractivity contribution in [3.63, 3.8) is 0 Å². The van der Waals surface area contributed by atoms with Crippen molar-refractivity contribution in [3.8, 4) is 0 Å². The Morgan fingerprint density at radius 1 is 1.39 bits per heavy atom. The summed E-state index contributed by atoms with van der Waals surface area (Å²) in [6, 6.07) is 8.76. The topological polar surface area (TPSA) is 64.4 Å². The van der Waals surface area contributed by atoms with Gasteiger partial charge in [-0.2, -0.15) is 0 Å². The molecule has 0 radical (unpaired) electrons. The number of benzene rings is 1. The fourth-order valence-electron chi connectivity index (χ4n) is 1.70. The van der Waals surface area contributed by atoms with Crippen molar-refractivity contribution in [2.24, 2.45) is 11.7 Å². The number of nitrogens with two attached hydrogens (primary N) is 1. The maximum Gasteiger partial charge on any atom is 0.241 e. The Morgan fingerprint density at radius 3 is 2.78 bits per heavy atom. The Kier molecular flexibility index (Phi) is 4.73. The molecule has 1 fully saturated rings. The van der Waals surface area contributed by atoms with E-state index in [1.54, 1.807) is 0 Å². The highest BCUT2D eigenvalue weighted by molar-refractivity contribution is 5.82. The number of carbonyl (C=O) groups excluding carboxylic acids is 1. The van der Waals surface area contributed by atoms with Gasteiger partial charge in [0, 0.05) is 13.2 Å². The van der Waals surface area contributed by atoms with Crippen molar-refractivity contribution in [2.75, 3.05) is 19.8 Å². The van der Waals surface area contributed by atoms with Crippen LogP contribution in [0.3, 0.4) is 0 Å². The number of ether oxygens (including phenoxy) is 1. The van der Waals surface area contributed by atoms with Gasteiger partial charge in [0.1, 0.15) is 6.04 Å². The van der Waals surface area contributed by atoms with Crippen LogP contribution in [0.25, 0.3) is 0 Å². The summed E-state index contributed by atoms with van der Waals surface area (Å²) >= 11 is 0. The molecule has 0 aromatic heterocycles. The lowest BCUT2D eigenvalue weighted by molar-refractivity contribution is -0.122. The molecule has 18 heavy (non-hydrogen) atoms. The highest BCUT2D eigenvalue weighted by Gasteiger charge is 2.21. The van der Waals surface area contributed by atoms with Crippen molar-refractivity contribution < 1.29 is 9.53 Å². The quantitative estimate of drug-likeness (QED) is 0.713. The molecule has 0 bridgehead atoms. The second kappa shape index (κ2) is 6.52. The minimum Gasteiger partial charge on any atom is -0.379 e. The van der Waals surface area contributed by atoms with Crippen molar-refractivity contribution in [3.05, 3.63) is 35.9 Å². The van der Waals surface area contributed by atoms with E-state index < -0.39 is 6.04 Å². The minimum atomic E-state index is -0.602. The summed E-state index contributed by atoms with van der Waals surface area (Å²) in [4.78, 5) is 11.8. The smallest absolute Gasteiger partial charge is 0.241 e. The lowest BCUT2D eigenvalue weighted by atomic mass is 10.1. The van der Waals surface area contributed by atoms with Crippen LogP contribution in [0.5, 0.6) is 0 Å². The minimum absolute atomic E-state index is 0.156. The van der Waals surface area contributed by atoms with Crippen LogP contribution in [0, 0.1) is 5.92 Å². The molecule has 1 saturated carbocycles. The van der Waals surface area contributed by atoms with Gasteiger partial charge in [-0.25, -0.2) is 0 Å². The number of rotatable bonds is 7. The van der Waals surface area contributed by atoms with Gasteiger partial charge in [-0.3, -0.25) is 4.79 Å². The molecule has 4 heteroatoms. The molecule has 0 saturated heterocycles. The zero-order chi connectivity index (χ0) is 12.8. The first-order valence-corrected chi connectivity index (χ1v) is 6.43. The van der Waals surface area contributed by atoms with Crippen LogP contribution in [0.4, 0.5) is 0 Å². The van der Waals surface area contributed by atoms with Gasteiger partial charge in [0.25, 0.3) is 0 Å². The van der Waals surface area contributed by atoms with Gasteiger partial charge >= 0.3 is 0 Å². The van der Waals surface area contributed by atoms with Gasteiger partial charge in [0.2, 0.25) is 5.91 Å². The van der Waals surface area contributed by atoms with E-state index in [0.717, 1.165) is 18.1 Å². The molecule has 1 aromatic carbocycles. The third-order valence-electron chi connectivity index (χ3n) is 3.04. The van der Waals surface area contributed by atoms with Crippen LogP contribution in [0.15, 0.2) is 30.3 Å². The number of amides is 1. The van der Waals surface area contributed by atoms with E-state index in [1.807, 2.05) is 30.3 Å². The molecule has 4 nitrogen and oxygen atoms in total. The van der Waals surface area contributed by atoms with Crippen molar-refractivity contribution in [1.82, 2.24) is 5.32 Å². The van der Waals surface area contributed by atoms with Crippen LogP contribution in [-0.4, -0.2) is 25.7 Å². The van der Waals surface area contributed by atoms with Gasteiger partial charge in [-0.1, -0.05) is 30.3 Å². The summed E-state index contributed by atoms with van der Waals surface area (Å²) < 4.78 is 5.44. The van der Waals surface area contributed by atoms with Crippen LogP contribution >= 0.6 is 0 Å². The Morgan fingerprint density at radius 2 is 2.11 bits per heavy atom. The fraction of sp³-hybridized carbons (Fsp3) is 0.500. The molecule has 0 aliphatic heterocycles. The summed E-state index contributed by atoms with van der Waals surface area (Å²) in [5.41, 5.74) is 6.69. The van der Waals surface area contributed by atoms with Crippen molar-refractivity contribution >= 4 is 5.91 Å². The number of hydrogen-bond acceptors (Lipinski definition) is 3. The zero-order valence-corrected chi connectivity index (χ0v) is 10.5. The number of hydrogen-bond donors (Lipinski definition) is 2. The molecule has 3 N–H and O–H groups in total. The van der Waals surface area contributed by atoms with Crippen molar-refractivity contribution in [2.45, 2.75) is 18.9 Å². The average molecular weight is 248 g/mol. The second-order valence-electron chi connectivity index (χ2n) is 4.70. The van der Waals surface area contributed by atoms with E-state index in [2.05, 4.69) is 5.32 Å². The van der Waals surface area contributed by atoms with E-state index in [9.17, 15) is 4.79 Å². The fourth-order valence-corrected chi connectivity index (χ4v) is 1.70. The van der Waals surface area contributed by atoms with Crippen LogP contribution < -0.4 is 11.1 Å². The van der Waals surface area contributed by atoms with E-state index in [0.29, 0.717) is 13.2 Å². The molecule has 0 heterocycles. The molecule has 0 spiro atoms. The standard InChI is InChI=1S/C14H20N2O2/c15-13(12-4-2-1-3-5-12)14(17)16-8-9-18-10-11-6-7-11/h1-5,11,13H,6-10,15H2,(H,16,17)/t13-/m1/s1. The van der Waals surface area contributed by atoms with E-state index >= 15 is 0 Å². The maximum absolute atomic E-state index is 11.8. The third kappa shape index (κ3) is 4.13.